The molecule has 146 valence electrons. The van der Waals surface area contributed by atoms with E-state index in [1.807, 2.05) is 54.3 Å². The molecule has 0 aliphatic carbocycles. The molecule has 4 rings (SSSR count). The summed E-state index contributed by atoms with van der Waals surface area (Å²) in [6.45, 7) is 5.25. The van der Waals surface area contributed by atoms with E-state index in [0.29, 0.717) is 50.3 Å². The van der Waals surface area contributed by atoms with Gasteiger partial charge in [-0.25, -0.2) is 4.79 Å². The quantitative estimate of drug-likeness (QED) is 0.734. The molecule has 1 saturated heterocycles. The lowest BCUT2D eigenvalue weighted by atomic mass is 10.1. The number of H-pyrrole nitrogens is 1. The topological polar surface area (TPSA) is 78.8 Å². The van der Waals surface area contributed by atoms with E-state index in [1.165, 1.54) is 0 Å². The summed E-state index contributed by atoms with van der Waals surface area (Å²) in [5.41, 5.74) is 3.13. The number of aromatic nitrogens is 1. The fraction of sp³-hybridized carbons (Fsp3) is 0.333. The molecule has 0 atom stereocenters. The number of nitrogens with zero attached hydrogens (tertiary/aromatic N) is 2. The van der Waals surface area contributed by atoms with Crippen molar-refractivity contribution in [3.8, 4) is 5.75 Å². The lowest BCUT2D eigenvalue weighted by Gasteiger charge is -2.36. The van der Waals surface area contributed by atoms with Gasteiger partial charge in [0.1, 0.15) is 5.75 Å². The van der Waals surface area contributed by atoms with Gasteiger partial charge in [0, 0.05) is 26.2 Å². The maximum Gasteiger partial charge on any atom is 0.417 e. The van der Waals surface area contributed by atoms with E-state index in [-0.39, 0.29) is 5.91 Å². The third kappa shape index (κ3) is 3.74. The zero-order valence-electron chi connectivity index (χ0n) is 15.8. The van der Waals surface area contributed by atoms with Crippen LogP contribution in [0.3, 0.4) is 0 Å². The fourth-order valence-electron chi connectivity index (χ4n) is 3.56. The molecule has 0 unspecified atom stereocenters. The Labute approximate surface area is 162 Å². The van der Waals surface area contributed by atoms with Crippen LogP contribution in [0.5, 0.6) is 5.75 Å². The van der Waals surface area contributed by atoms with Gasteiger partial charge in [-0.3, -0.25) is 9.78 Å². The highest BCUT2D eigenvalue weighted by atomic mass is 16.5. The van der Waals surface area contributed by atoms with E-state index >= 15 is 0 Å². The Morgan fingerprint density at radius 1 is 1.11 bits per heavy atom. The molecular weight excluding hydrogens is 358 g/mol. The van der Waals surface area contributed by atoms with Crippen molar-refractivity contribution >= 4 is 22.7 Å². The highest BCUT2D eigenvalue weighted by Gasteiger charge is 2.23. The fourth-order valence-corrected chi connectivity index (χ4v) is 3.56. The van der Waals surface area contributed by atoms with Crippen LogP contribution in [0, 0.1) is 0 Å². The van der Waals surface area contributed by atoms with Crippen molar-refractivity contribution in [3.63, 3.8) is 0 Å². The predicted octanol–water partition coefficient (Wildman–Crippen LogP) is 2.41. The molecule has 28 heavy (non-hydrogen) atoms. The second-order valence-corrected chi connectivity index (χ2v) is 6.79. The van der Waals surface area contributed by atoms with Gasteiger partial charge < -0.3 is 19.0 Å². The van der Waals surface area contributed by atoms with Gasteiger partial charge >= 0.3 is 5.76 Å². The number of aromatic amines is 1. The number of benzene rings is 2. The number of piperazine rings is 1. The Morgan fingerprint density at radius 3 is 2.57 bits per heavy atom. The molecule has 0 saturated carbocycles. The van der Waals surface area contributed by atoms with Crippen molar-refractivity contribution in [1.29, 1.82) is 0 Å². The first-order valence-corrected chi connectivity index (χ1v) is 9.50. The number of para-hydroxylation sites is 1. The second-order valence-electron chi connectivity index (χ2n) is 6.79. The van der Waals surface area contributed by atoms with Crippen LogP contribution >= 0.6 is 0 Å². The molecule has 1 aromatic heterocycles. The summed E-state index contributed by atoms with van der Waals surface area (Å²) in [6.07, 6.45) is 0.384. The molecule has 2 aromatic carbocycles. The lowest BCUT2D eigenvalue weighted by Crippen LogP contribution is -2.49. The number of hydrogen-bond acceptors (Lipinski definition) is 5. The Balaban J connectivity index is 1.38. The lowest BCUT2D eigenvalue weighted by molar-refractivity contribution is -0.130. The van der Waals surface area contributed by atoms with E-state index in [9.17, 15) is 9.59 Å². The summed E-state index contributed by atoms with van der Waals surface area (Å²) in [5.74, 6) is 0.486. The maximum atomic E-state index is 12.6. The Morgan fingerprint density at radius 2 is 1.86 bits per heavy atom. The first-order valence-electron chi connectivity index (χ1n) is 9.50. The summed E-state index contributed by atoms with van der Waals surface area (Å²) in [6, 6.07) is 13.3. The molecule has 1 amide bonds. The minimum absolute atomic E-state index is 0.121. The molecule has 7 nitrogen and oxygen atoms in total. The van der Waals surface area contributed by atoms with Crippen LogP contribution in [0.4, 0.5) is 5.69 Å². The number of hydrogen-bond donors (Lipinski definition) is 1. The molecule has 0 bridgehead atoms. The predicted molar refractivity (Wildman–Crippen MR) is 107 cm³/mol. The van der Waals surface area contributed by atoms with Crippen molar-refractivity contribution < 1.29 is 13.9 Å². The van der Waals surface area contributed by atoms with Crippen molar-refractivity contribution in [2.45, 2.75) is 13.3 Å². The number of amides is 1. The van der Waals surface area contributed by atoms with Gasteiger partial charge in [0.05, 0.1) is 24.2 Å². The van der Waals surface area contributed by atoms with Gasteiger partial charge in [-0.15, -0.1) is 0 Å². The molecule has 1 fully saturated rings. The highest BCUT2D eigenvalue weighted by Crippen LogP contribution is 2.26. The average molecular weight is 381 g/mol. The Bertz CT molecular complexity index is 1010. The van der Waals surface area contributed by atoms with Crippen LogP contribution < -0.4 is 15.4 Å². The summed E-state index contributed by atoms with van der Waals surface area (Å²) in [7, 11) is 0. The standard InChI is InChI=1S/C21H23N3O4/c1-2-27-16-8-6-15(7-9-16)14-19(25)24-12-10-23(11-13-24)18-5-3-4-17-20(18)28-21(26)22-17/h3-9H,2,10-14H2,1H3,(H,22,26). The molecule has 3 aromatic rings. The number of fused-ring (bicyclic) bond motifs is 1. The summed E-state index contributed by atoms with van der Waals surface area (Å²) in [4.78, 5) is 30.9. The molecule has 1 aliphatic rings. The van der Waals surface area contributed by atoms with Crippen LogP contribution in [0.15, 0.2) is 51.7 Å². The molecule has 1 N–H and O–H groups in total. The van der Waals surface area contributed by atoms with Crippen LogP contribution in [-0.4, -0.2) is 48.6 Å². The number of carbonyl (C=O) groups is 1. The van der Waals surface area contributed by atoms with Crippen LogP contribution in [0.2, 0.25) is 0 Å². The van der Waals surface area contributed by atoms with Crippen molar-refractivity contribution in [2.24, 2.45) is 0 Å². The minimum Gasteiger partial charge on any atom is -0.494 e. The third-order valence-electron chi connectivity index (χ3n) is 4.99. The van der Waals surface area contributed by atoms with E-state index in [2.05, 4.69) is 9.88 Å². The highest BCUT2D eigenvalue weighted by molar-refractivity contribution is 5.86. The number of ether oxygens (including phenoxy) is 1. The van der Waals surface area contributed by atoms with E-state index < -0.39 is 5.76 Å². The number of oxazole rings is 1. The summed E-state index contributed by atoms with van der Waals surface area (Å²) >= 11 is 0. The van der Waals surface area contributed by atoms with Gasteiger partial charge in [-0.2, -0.15) is 0 Å². The molecule has 2 heterocycles. The van der Waals surface area contributed by atoms with Gasteiger partial charge in [0.2, 0.25) is 5.91 Å². The van der Waals surface area contributed by atoms with E-state index in [0.717, 1.165) is 17.0 Å². The Hall–Kier alpha value is -3.22. The largest absolute Gasteiger partial charge is 0.494 e. The van der Waals surface area contributed by atoms with Crippen molar-refractivity contribution in [3.05, 3.63) is 58.6 Å². The number of carbonyl (C=O) groups excluding carboxylic acids is 1. The molecule has 7 heteroatoms. The zero-order chi connectivity index (χ0) is 19.5. The monoisotopic (exact) mass is 381 g/mol. The van der Waals surface area contributed by atoms with Gasteiger partial charge in [0.25, 0.3) is 0 Å². The van der Waals surface area contributed by atoms with Crippen molar-refractivity contribution in [2.75, 3.05) is 37.7 Å². The first-order chi connectivity index (χ1) is 13.6. The second kappa shape index (κ2) is 7.80. The van der Waals surface area contributed by atoms with Crippen molar-refractivity contribution in [1.82, 2.24) is 9.88 Å². The molecule has 1 aliphatic heterocycles. The Kier molecular flexibility index (Phi) is 5.06. The molecule has 0 radical (unpaired) electrons. The van der Waals surface area contributed by atoms with Crippen LogP contribution in [0.1, 0.15) is 12.5 Å². The summed E-state index contributed by atoms with van der Waals surface area (Å²) in [5, 5.41) is 0. The van der Waals surface area contributed by atoms with Gasteiger partial charge in [0.15, 0.2) is 5.58 Å². The molecule has 0 spiro atoms. The number of anilines is 1. The van der Waals surface area contributed by atoms with Gasteiger partial charge in [-0.1, -0.05) is 18.2 Å². The first kappa shape index (κ1) is 18.2. The average Bonchev–Trinajstić information content (AvgIpc) is 3.10. The molecular formula is C21H23N3O4. The normalized spacial score (nSPS) is 14.5. The van der Waals surface area contributed by atoms with Crippen LogP contribution in [0.25, 0.3) is 11.1 Å². The SMILES string of the molecule is CCOc1ccc(CC(=O)N2CCN(c3cccc4[nH]c(=O)oc34)CC2)cc1. The number of nitrogens with one attached hydrogen (secondary N) is 1. The van der Waals surface area contributed by atoms with E-state index in [1.54, 1.807) is 0 Å². The summed E-state index contributed by atoms with van der Waals surface area (Å²) < 4.78 is 10.7. The van der Waals surface area contributed by atoms with E-state index in [4.69, 9.17) is 9.15 Å². The maximum absolute atomic E-state index is 12.6. The number of rotatable bonds is 5. The smallest absolute Gasteiger partial charge is 0.417 e. The zero-order valence-corrected chi connectivity index (χ0v) is 15.8. The minimum atomic E-state index is -0.452. The van der Waals surface area contributed by atoms with Crippen LogP contribution in [-0.2, 0) is 11.2 Å². The van der Waals surface area contributed by atoms with Gasteiger partial charge in [-0.05, 0) is 36.8 Å². The third-order valence-corrected chi connectivity index (χ3v) is 4.99.